The average molecular weight is 294 g/mol. The Morgan fingerprint density at radius 1 is 1.40 bits per heavy atom. The normalized spacial score (nSPS) is 24.8. The molecule has 2 N–H and O–H groups in total. The highest BCUT2D eigenvalue weighted by Crippen LogP contribution is 2.34. The number of aromatic nitrogens is 3. The maximum atomic E-state index is 5.82. The summed E-state index contributed by atoms with van der Waals surface area (Å²) in [5.74, 6) is 1.03. The summed E-state index contributed by atoms with van der Waals surface area (Å²) in [4.78, 5) is 8.87. The van der Waals surface area contributed by atoms with Crippen LogP contribution >= 0.6 is 11.3 Å². The van der Waals surface area contributed by atoms with Gasteiger partial charge in [-0.15, -0.1) is 11.3 Å². The molecule has 1 saturated heterocycles. The highest BCUT2D eigenvalue weighted by atomic mass is 32.1. The Morgan fingerprint density at radius 2 is 2.25 bits per heavy atom. The molecule has 0 spiro atoms. The van der Waals surface area contributed by atoms with Crippen LogP contribution in [0, 0.1) is 0 Å². The predicted octanol–water partition coefficient (Wildman–Crippen LogP) is 2.63. The van der Waals surface area contributed by atoms with Crippen molar-refractivity contribution in [3.05, 3.63) is 16.2 Å². The molecule has 1 aliphatic rings. The van der Waals surface area contributed by atoms with E-state index in [0.717, 1.165) is 30.9 Å². The molecule has 3 heterocycles. The standard InChI is InChI=1S/C13H18N4O2S/c1-8(14)11-15-9(7-20-11)10-16-12(17-19-10)13(2)5-3-4-6-18-13/h7-8H,3-6,14H2,1-2H3. The van der Waals surface area contributed by atoms with Crippen LogP contribution < -0.4 is 5.73 Å². The van der Waals surface area contributed by atoms with Gasteiger partial charge in [-0.3, -0.25) is 0 Å². The lowest BCUT2D eigenvalue weighted by molar-refractivity contribution is -0.0770. The van der Waals surface area contributed by atoms with Gasteiger partial charge in [-0.1, -0.05) is 5.16 Å². The molecule has 0 aromatic carbocycles. The van der Waals surface area contributed by atoms with Crippen molar-refractivity contribution in [1.82, 2.24) is 15.1 Å². The summed E-state index contributed by atoms with van der Waals surface area (Å²) in [7, 11) is 0. The van der Waals surface area contributed by atoms with Gasteiger partial charge in [0.2, 0.25) is 5.82 Å². The molecule has 108 valence electrons. The molecular formula is C13H18N4O2S. The van der Waals surface area contributed by atoms with E-state index in [9.17, 15) is 0 Å². The summed E-state index contributed by atoms with van der Waals surface area (Å²) in [5, 5.41) is 6.81. The number of rotatable bonds is 3. The van der Waals surface area contributed by atoms with Crippen molar-refractivity contribution in [3.63, 3.8) is 0 Å². The molecule has 0 amide bonds. The molecule has 2 unspecified atom stereocenters. The van der Waals surface area contributed by atoms with E-state index in [1.54, 1.807) is 0 Å². The van der Waals surface area contributed by atoms with Gasteiger partial charge < -0.3 is 15.0 Å². The first-order valence-corrected chi connectivity index (χ1v) is 7.66. The zero-order valence-corrected chi connectivity index (χ0v) is 12.4. The second-order valence-corrected chi connectivity index (χ2v) is 6.21. The Labute approximate surface area is 121 Å². The first-order valence-electron chi connectivity index (χ1n) is 6.78. The summed E-state index contributed by atoms with van der Waals surface area (Å²) in [5.41, 5.74) is 6.05. The van der Waals surface area contributed by atoms with E-state index < -0.39 is 5.60 Å². The molecule has 3 rings (SSSR count). The van der Waals surface area contributed by atoms with Crippen LogP contribution in [0.2, 0.25) is 0 Å². The highest BCUT2D eigenvalue weighted by molar-refractivity contribution is 7.10. The van der Waals surface area contributed by atoms with Crippen LogP contribution in [-0.4, -0.2) is 21.7 Å². The van der Waals surface area contributed by atoms with Gasteiger partial charge in [-0.25, -0.2) is 4.98 Å². The van der Waals surface area contributed by atoms with E-state index in [4.69, 9.17) is 15.0 Å². The third kappa shape index (κ3) is 2.48. The Kier molecular flexibility index (Phi) is 3.57. The second-order valence-electron chi connectivity index (χ2n) is 5.32. The van der Waals surface area contributed by atoms with E-state index in [2.05, 4.69) is 15.1 Å². The fraction of sp³-hybridized carbons (Fsp3) is 0.615. The molecule has 2 atom stereocenters. The number of ether oxygens (including phenoxy) is 1. The fourth-order valence-corrected chi connectivity index (χ4v) is 3.00. The molecule has 20 heavy (non-hydrogen) atoms. The monoisotopic (exact) mass is 294 g/mol. The van der Waals surface area contributed by atoms with Gasteiger partial charge in [0.25, 0.3) is 5.89 Å². The topological polar surface area (TPSA) is 87.1 Å². The van der Waals surface area contributed by atoms with Crippen LogP contribution in [-0.2, 0) is 10.3 Å². The average Bonchev–Trinajstić information content (AvgIpc) is 3.09. The maximum Gasteiger partial charge on any atom is 0.277 e. The number of nitrogens with zero attached hydrogens (tertiary/aromatic N) is 3. The molecule has 0 saturated carbocycles. The number of nitrogens with two attached hydrogens (primary N) is 1. The van der Waals surface area contributed by atoms with Gasteiger partial charge in [-0.2, -0.15) is 4.98 Å². The fourth-order valence-electron chi connectivity index (χ4n) is 2.25. The maximum absolute atomic E-state index is 5.82. The predicted molar refractivity (Wildman–Crippen MR) is 75.2 cm³/mol. The van der Waals surface area contributed by atoms with Crippen molar-refractivity contribution >= 4 is 11.3 Å². The summed E-state index contributed by atoms with van der Waals surface area (Å²) >= 11 is 1.50. The van der Waals surface area contributed by atoms with Crippen molar-refractivity contribution in [1.29, 1.82) is 0 Å². The van der Waals surface area contributed by atoms with Crippen LogP contribution in [0.25, 0.3) is 11.6 Å². The zero-order chi connectivity index (χ0) is 14.2. The van der Waals surface area contributed by atoms with Crippen LogP contribution in [0.3, 0.4) is 0 Å². The SMILES string of the molecule is CC(N)c1nc(-c2nc(C3(C)CCCCO3)no2)cs1. The highest BCUT2D eigenvalue weighted by Gasteiger charge is 2.35. The minimum Gasteiger partial charge on any atom is -0.367 e. The van der Waals surface area contributed by atoms with Gasteiger partial charge in [0.05, 0.1) is 6.04 Å². The molecule has 1 aliphatic heterocycles. The van der Waals surface area contributed by atoms with E-state index >= 15 is 0 Å². The molecule has 0 radical (unpaired) electrons. The van der Waals surface area contributed by atoms with E-state index in [-0.39, 0.29) is 6.04 Å². The van der Waals surface area contributed by atoms with Gasteiger partial charge in [0, 0.05) is 12.0 Å². The largest absolute Gasteiger partial charge is 0.367 e. The van der Waals surface area contributed by atoms with Gasteiger partial charge >= 0.3 is 0 Å². The molecule has 0 aliphatic carbocycles. The Morgan fingerprint density at radius 3 is 2.90 bits per heavy atom. The van der Waals surface area contributed by atoms with Gasteiger partial charge in [0.1, 0.15) is 16.3 Å². The van der Waals surface area contributed by atoms with Gasteiger partial charge in [0.15, 0.2) is 0 Å². The van der Waals surface area contributed by atoms with Crippen LogP contribution in [0.15, 0.2) is 9.90 Å². The number of hydrogen-bond donors (Lipinski definition) is 1. The molecule has 7 heteroatoms. The summed E-state index contributed by atoms with van der Waals surface area (Å²) in [6.45, 7) is 4.65. The van der Waals surface area contributed by atoms with E-state index in [0.29, 0.717) is 17.4 Å². The number of hydrogen-bond acceptors (Lipinski definition) is 7. The third-order valence-electron chi connectivity index (χ3n) is 3.50. The Bertz CT molecular complexity index is 587. The minimum atomic E-state index is -0.444. The lowest BCUT2D eigenvalue weighted by Gasteiger charge is -2.30. The van der Waals surface area contributed by atoms with Crippen molar-refractivity contribution in [2.45, 2.75) is 44.8 Å². The van der Waals surface area contributed by atoms with Crippen LogP contribution in [0.5, 0.6) is 0 Å². The van der Waals surface area contributed by atoms with E-state index in [1.807, 2.05) is 19.2 Å². The summed E-state index contributed by atoms with van der Waals surface area (Å²) in [6.07, 6.45) is 3.12. The molecule has 0 bridgehead atoms. The Hall–Kier alpha value is -1.31. The van der Waals surface area contributed by atoms with Crippen molar-refractivity contribution in [2.75, 3.05) is 6.61 Å². The lowest BCUT2D eigenvalue weighted by Crippen LogP contribution is -2.31. The minimum absolute atomic E-state index is 0.0877. The van der Waals surface area contributed by atoms with Crippen LogP contribution in [0.1, 0.15) is 50.0 Å². The van der Waals surface area contributed by atoms with Crippen molar-refractivity contribution in [2.24, 2.45) is 5.73 Å². The zero-order valence-electron chi connectivity index (χ0n) is 11.6. The molecule has 1 fully saturated rings. The summed E-state index contributed by atoms with van der Waals surface area (Å²) < 4.78 is 11.1. The molecule has 2 aromatic rings. The van der Waals surface area contributed by atoms with Crippen LogP contribution in [0.4, 0.5) is 0 Å². The van der Waals surface area contributed by atoms with Gasteiger partial charge in [-0.05, 0) is 33.1 Å². The third-order valence-corrected chi connectivity index (χ3v) is 4.54. The Balaban J connectivity index is 1.85. The van der Waals surface area contributed by atoms with Crippen molar-refractivity contribution in [3.8, 4) is 11.6 Å². The molecule has 6 nitrogen and oxygen atoms in total. The lowest BCUT2D eigenvalue weighted by atomic mass is 9.95. The summed E-state index contributed by atoms with van der Waals surface area (Å²) in [6, 6.07) is -0.0877. The number of thiazole rings is 1. The first-order chi connectivity index (χ1) is 9.58. The molecule has 2 aromatic heterocycles. The van der Waals surface area contributed by atoms with Crippen molar-refractivity contribution < 1.29 is 9.26 Å². The first kappa shape index (κ1) is 13.7. The quantitative estimate of drug-likeness (QED) is 0.936. The molecular weight excluding hydrogens is 276 g/mol. The second kappa shape index (κ2) is 5.23. The van der Waals surface area contributed by atoms with E-state index in [1.165, 1.54) is 11.3 Å². The smallest absolute Gasteiger partial charge is 0.277 e.